The van der Waals surface area contributed by atoms with Crippen molar-refractivity contribution in [1.82, 2.24) is 5.32 Å². The molecule has 0 saturated carbocycles. The Kier molecular flexibility index (Phi) is 13.3. The number of nitrogens with zero attached hydrogens (tertiary/aromatic N) is 1. The highest BCUT2D eigenvalue weighted by Crippen LogP contribution is 2.26. The van der Waals surface area contributed by atoms with Gasteiger partial charge in [-0.1, -0.05) is 121 Å². The summed E-state index contributed by atoms with van der Waals surface area (Å²) in [6.45, 7) is 2.26. The zero-order valence-electron chi connectivity index (χ0n) is 26.6. The van der Waals surface area contributed by atoms with Gasteiger partial charge < -0.3 is 33.7 Å². The van der Waals surface area contributed by atoms with Gasteiger partial charge >= 0.3 is 0 Å². The van der Waals surface area contributed by atoms with E-state index in [4.69, 9.17) is 33.4 Å². The van der Waals surface area contributed by atoms with Gasteiger partial charge in [0.15, 0.2) is 6.29 Å². The molecule has 1 aliphatic rings. The van der Waals surface area contributed by atoms with Gasteiger partial charge in [0.25, 0.3) is 0 Å². The van der Waals surface area contributed by atoms with Crippen LogP contribution in [0.25, 0.3) is 0 Å². The topological polar surface area (TPSA) is 79.8 Å². The minimum Gasteiger partial charge on any atom is -0.375 e. The summed E-state index contributed by atoms with van der Waals surface area (Å²) in [5, 5.41) is 3.63. The van der Waals surface area contributed by atoms with Crippen molar-refractivity contribution in [2.75, 3.05) is 27.4 Å². The average Bonchev–Trinajstić information content (AvgIpc) is 3.12. The number of hydrogen-bond donors (Lipinski definition) is 1. The molecule has 0 bridgehead atoms. The lowest BCUT2D eigenvalue weighted by Crippen LogP contribution is -2.66. The van der Waals surface area contributed by atoms with E-state index >= 15 is 0 Å². The maximum absolute atomic E-state index is 6.77. The van der Waals surface area contributed by atoms with Crippen LogP contribution in [-0.2, 0) is 54.8 Å². The van der Waals surface area contributed by atoms with E-state index in [1.54, 1.807) is 14.2 Å². The molecule has 0 aromatic heterocycles. The Morgan fingerprint density at radius 3 is 1.48 bits per heavy atom. The molecule has 4 atom stereocenters. The maximum atomic E-state index is 6.77. The molecule has 1 saturated heterocycles. The second-order valence-corrected chi connectivity index (χ2v) is 11.1. The van der Waals surface area contributed by atoms with Gasteiger partial charge in [-0.05, 0) is 22.3 Å². The molecule has 1 fully saturated rings. The summed E-state index contributed by atoms with van der Waals surface area (Å²) in [5.41, 5.74) is 4.26. The number of piperidine rings is 1. The first-order valence-electron chi connectivity index (χ1n) is 15.7. The molecule has 4 aromatic rings. The first-order valence-corrected chi connectivity index (χ1v) is 15.7. The molecule has 8 nitrogen and oxygen atoms in total. The molecule has 0 radical (unpaired) electrons. The SMILES string of the molecule is COC(CN=C1N[C@H](COCc2ccccc2)[C@@H](OCc2ccccc2)[C@H](OCc2ccccc2)[C@H]1OCc1ccccc1)OC. The minimum atomic E-state index is -0.565. The molecule has 1 aliphatic heterocycles. The van der Waals surface area contributed by atoms with Crippen molar-refractivity contribution >= 4 is 5.84 Å². The Morgan fingerprint density at radius 1 is 0.565 bits per heavy atom. The van der Waals surface area contributed by atoms with Crippen molar-refractivity contribution in [3.63, 3.8) is 0 Å². The fourth-order valence-corrected chi connectivity index (χ4v) is 5.34. The quantitative estimate of drug-likeness (QED) is 0.146. The molecule has 0 amide bonds. The molecule has 46 heavy (non-hydrogen) atoms. The van der Waals surface area contributed by atoms with E-state index in [0.717, 1.165) is 22.3 Å². The van der Waals surface area contributed by atoms with Crippen LogP contribution in [0, 0.1) is 0 Å². The zero-order valence-corrected chi connectivity index (χ0v) is 26.6. The summed E-state index contributed by atoms with van der Waals surface area (Å²) in [6.07, 6.45) is -2.02. The summed E-state index contributed by atoms with van der Waals surface area (Å²) in [7, 11) is 3.21. The molecule has 0 unspecified atom stereocenters. The number of ether oxygens (including phenoxy) is 6. The Bertz CT molecular complexity index is 1420. The summed E-state index contributed by atoms with van der Waals surface area (Å²) in [4.78, 5) is 4.93. The van der Waals surface area contributed by atoms with Gasteiger partial charge in [0.2, 0.25) is 0 Å². The van der Waals surface area contributed by atoms with Gasteiger partial charge in [-0.15, -0.1) is 0 Å². The van der Waals surface area contributed by atoms with Gasteiger partial charge in [-0.3, -0.25) is 4.99 Å². The van der Waals surface area contributed by atoms with Crippen molar-refractivity contribution < 1.29 is 28.4 Å². The highest BCUT2D eigenvalue weighted by molar-refractivity contribution is 5.88. The lowest BCUT2D eigenvalue weighted by Gasteiger charge is -2.44. The van der Waals surface area contributed by atoms with Gasteiger partial charge in [0.05, 0.1) is 45.6 Å². The molecular formula is C38H44N2O6. The summed E-state index contributed by atoms with van der Waals surface area (Å²) < 4.78 is 37.4. The van der Waals surface area contributed by atoms with Crippen molar-refractivity contribution in [1.29, 1.82) is 0 Å². The van der Waals surface area contributed by atoms with Crippen LogP contribution in [0.4, 0.5) is 0 Å². The Balaban J connectivity index is 1.46. The van der Waals surface area contributed by atoms with Crippen LogP contribution in [0.15, 0.2) is 126 Å². The molecule has 8 heteroatoms. The molecule has 1 N–H and O–H groups in total. The van der Waals surface area contributed by atoms with E-state index in [1.807, 2.05) is 84.9 Å². The second-order valence-electron chi connectivity index (χ2n) is 11.1. The highest BCUT2D eigenvalue weighted by atomic mass is 16.7. The smallest absolute Gasteiger partial charge is 0.176 e. The summed E-state index contributed by atoms with van der Waals surface area (Å²) in [5.74, 6) is 0.640. The first-order chi connectivity index (χ1) is 22.7. The van der Waals surface area contributed by atoms with Crippen LogP contribution in [0.5, 0.6) is 0 Å². The van der Waals surface area contributed by atoms with E-state index in [1.165, 1.54) is 0 Å². The highest BCUT2D eigenvalue weighted by Gasteiger charge is 2.45. The van der Waals surface area contributed by atoms with Crippen LogP contribution in [-0.4, -0.2) is 63.9 Å². The number of benzene rings is 4. The normalized spacial score (nSPS) is 20.5. The van der Waals surface area contributed by atoms with Crippen LogP contribution in [0.1, 0.15) is 22.3 Å². The number of methoxy groups -OCH3 is 2. The van der Waals surface area contributed by atoms with Crippen molar-refractivity contribution in [3.05, 3.63) is 144 Å². The molecule has 5 rings (SSSR count). The largest absolute Gasteiger partial charge is 0.375 e. The van der Waals surface area contributed by atoms with Crippen LogP contribution in [0.2, 0.25) is 0 Å². The van der Waals surface area contributed by atoms with Crippen LogP contribution in [0.3, 0.4) is 0 Å². The van der Waals surface area contributed by atoms with Crippen molar-refractivity contribution in [3.8, 4) is 0 Å². The van der Waals surface area contributed by atoms with E-state index in [-0.39, 0.29) is 12.6 Å². The van der Waals surface area contributed by atoms with Gasteiger partial charge in [-0.2, -0.15) is 0 Å². The lowest BCUT2D eigenvalue weighted by atomic mass is 9.94. The average molecular weight is 625 g/mol. The molecule has 4 aromatic carbocycles. The van der Waals surface area contributed by atoms with Gasteiger partial charge in [0.1, 0.15) is 24.1 Å². The van der Waals surface area contributed by atoms with Crippen LogP contribution < -0.4 is 5.32 Å². The number of nitrogens with one attached hydrogen (secondary N) is 1. The molecule has 0 spiro atoms. The van der Waals surface area contributed by atoms with E-state index < -0.39 is 24.6 Å². The standard InChI is InChI=1S/C38H44N2O6/c1-41-34(42-2)23-39-38-37(46-27-32-21-13-6-14-22-32)36(45-26-31-19-11-5-12-20-31)35(44-25-30-17-9-4-10-18-30)33(40-38)28-43-24-29-15-7-3-8-16-29/h3-22,33-37H,23-28H2,1-2H3,(H,39,40)/t33-,35-,36+,37-/m1/s1. The van der Waals surface area contributed by atoms with Gasteiger partial charge in [0, 0.05) is 14.2 Å². The molecule has 0 aliphatic carbocycles. The third kappa shape index (κ3) is 10.1. The molecular weight excluding hydrogens is 580 g/mol. The predicted molar refractivity (Wildman–Crippen MR) is 178 cm³/mol. The summed E-state index contributed by atoms with van der Waals surface area (Å²) in [6, 6.07) is 40.2. The Morgan fingerprint density at radius 2 is 1.00 bits per heavy atom. The number of aliphatic imine (C=N–C) groups is 1. The van der Waals surface area contributed by atoms with Gasteiger partial charge in [-0.25, -0.2) is 0 Å². The molecule has 242 valence electrons. The lowest BCUT2D eigenvalue weighted by molar-refractivity contribution is -0.157. The van der Waals surface area contributed by atoms with Crippen molar-refractivity contribution in [2.45, 2.75) is 57.1 Å². The Hall–Kier alpha value is -3.89. The van der Waals surface area contributed by atoms with Crippen molar-refractivity contribution in [2.24, 2.45) is 4.99 Å². The monoisotopic (exact) mass is 624 g/mol. The first kappa shape index (κ1) is 33.5. The Labute approximate surface area is 272 Å². The van der Waals surface area contributed by atoms with E-state index in [9.17, 15) is 0 Å². The fourth-order valence-electron chi connectivity index (χ4n) is 5.34. The third-order valence-electron chi connectivity index (χ3n) is 7.81. The fraction of sp³-hybridized carbons (Fsp3) is 0.342. The number of amidine groups is 1. The van der Waals surface area contributed by atoms with E-state index in [2.05, 4.69) is 41.7 Å². The van der Waals surface area contributed by atoms with E-state index in [0.29, 0.717) is 38.9 Å². The predicted octanol–water partition coefficient (Wildman–Crippen LogP) is 5.95. The summed E-state index contributed by atoms with van der Waals surface area (Å²) >= 11 is 0. The molecule has 1 heterocycles. The maximum Gasteiger partial charge on any atom is 0.176 e. The third-order valence-corrected chi connectivity index (χ3v) is 7.81. The minimum absolute atomic E-state index is 0.277. The second kappa shape index (κ2) is 18.3. The van der Waals surface area contributed by atoms with Crippen LogP contribution >= 0.6 is 0 Å². The number of rotatable bonds is 17. The zero-order chi connectivity index (χ0) is 31.8. The number of hydrogen-bond acceptors (Lipinski definition) is 7.